The van der Waals surface area contributed by atoms with E-state index < -0.39 is 0 Å². The summed E-state index contributed by atoms with van der Waals surface area (Å²) in [5, 5.41) is 3.49. The predicted octanol–water partition coefficient (Wildman–Crippen LogP) is 1.75. The maximum Gasteiger partial charge on any atom is 0.0630 e. The van der Waals surface area contributed by atoms with E-state index in [0.29, 0.717) is 12.0 Å². The molecule has 0 radical (unpaired) electrons. The van der Waals surface area contributed by atoms with Crippen LogP contribution in [0.5, 0.6) is 0 Å². The molecule has 16 heavy (non-hydrogen) atoms. The molecule has 0 aromatic heterocycles. The summed E-state index contributed by atoms with van der Waals surface area (Å²) in [5.74, 6) is 0.692. The van der Waals surface area contributed by atoms with E-state index in [1.165, 1.54) is 0 Å². The molecule has 0 aliphatic carbocycles. The van der Waals surface area contributed by atoms with Crippen LogP contribution in [0.15, 0.2) is 12.7 Å². The van der Waals surface area contributed by atoms with Gasteiger partial charge in [-0.15, -0.1) is 6.58 Å². The van der Waals surface area contributed by atoms with Gasteiger partial charge in [-0.1, -0.05) is 26.8 Å². The number of ether oxygens (including phenoxy) is 1. The summed E-state index contributed by atoms with van der Waals surface area (Å²) in [4.78, 5) is 2.38. The van der Waals surface area contributed by atoms with Crippen LogP contribution in [0.1, 0.15) is 20.8 Å². The molecular formula is C13H28N2O. The minimum absolute atomic E-state index is 0.437. The zero-order valence-electron chi connectivity index (χ0n) is 11.3. The first kappa shape index (κ1) is 15.6. The van der Waals surface area contributed by atoms with Gasteiger partial charge in [0.25, 0.3) is 0 Å². The summed E-state index contributed by atoms with van der Waals surface area (Å²) in [5.41, 5.74) is 0. The zero-order chi connectivity index (χ0) is 12.4. The molecule has 0 aromatic carbocycles. The Labute approximate surface area is 101 Å². The minimum Gasteiger partial charge on any atom is -0.383 e. The number of hydrogen-bond acceptors (Lipinski definition) is 3. The molecular weight excluding hydrogens is 200 g/mol. The number of nitrogens with zero attached hydrogens (tertiary/aromatic N) is 1. The SMILES string of the molecule is C=CCN(CC)C(CNCC(C)C)COC. The standard InChI is InChI=1S/C13H28N2O/c1-6-8-15(7-2)13(11-16-5)10-14-9-12(3)4/h6,12-14H,1,7-11H2,2-5H3. The van der Waals surface area contributed by atoms with Crippen LogP contribution in [0.25, 0.3) is 0 Å². The average molecular weight is 228 g/mol. The second-order valence-electron chi connectivity index (χ2n) is 4.54. The van der Waals surface area contributed by atoms with Crippen molar-refractivity contribution < 1.29 is 4.74 Å². The summed E-state index contributed by atoms with van der Waals surface area (Å²) in [6.07, 6.45) is 1.95. The van der Waals surface area contributed by atoms with Gasteiger partial charge in [0, 0.05) is 26.2 Å². The summed E-state index contributed by atoms with van der Waals surface area (Å²) >= 11 is 0. The van der Waals surface area contributed by atoms with E-state index >= 15 is 0 Å². The van der Waals surface area contributed by atoms with E-state index in [1.54, 1.807) is 7.11 Å². The van der Waals surface area contributed by atoms with Gasteiger partial charge >= 0.3 is 0 Å². The van der Waals surface area contributed by atoms with Crippen LogP contribution in [-0.4, -0.2) is 50.8 Å². The van der Waals surface area contributed by atoms with E-state index in [-0.39, 0.29) is 0 Å². The summed E-state index contributed by atoms with van der Waals surface area (Å²) < 4.78 is 5.27. The summed E-state index contributed by atoms with van der Waals surface area (Å²) in [6.45, 7) is 15.2. The Morgan fingerprint density at radius 3 is 2.50 bits per heavy atom. The highest BCUT2D eigenvalue weighted by Crippen LogP contribution is 2.00. The van der Waals surface area contributed by atoms with Gasteiger partial charge in [0.2, 0.25) is 0 Å². The monoisotopic (exact) mass is 228 g/mol. The first-order valence-corrected chi connectivity index (χ1v) is 6.20. The number of hydrogen-bond donors (Lipinski definition) is 1. The van der Waals surface area contributed by atoms with Crippen molar-refractivity contribution in [3.63, 3.8) is 0 Å². The van der Waals surface area contributed by atoms with Gasteiger partial charge in [-0.05, 0) is 19.0 Å². The highest BCUT2D eigenvalue weighted by molar-refractivity contribution is 4.80. The van der Waals surface area contributed by atoms with Crippen molar-refractivity contribution in [2.75, 3.05) is 39.9 Å². The zero-order valence-corrected chi connectivity index (χ0v) is 11.3. The maximum absolute atomic E-state index is 5.27. The number of nitrogens with one attached hydrogen (secondary N) is 1. The van der Waals surface area contributed by atoms with Crippen LogP contribution < -0.4 is 5.32 Å². The molecule has 1 unspecified atom stereocenters. The van der Waals surface area contributed by atoms with Crippen molar-refractivity contribution in [2.24, 2.45) is 5.92 Å². The minimum atomic E-state index is 0.437. The van der Waals surface area contributed by atoms with Gasteiger partial charge in [-0.2, -0.15) is 0 Å². The predicted molar refractivity (Wildman–Crippen MR) is 70.8 cm³/mol. The highest BCUT2D eigenvalue weighted by atomic mass is 16.5. The first-order valence-electron chi connectivity index (χ1n) is 6.20. The Kier molecular flexibility index (Phi) is 9.59. The Morgan fingerprint density at radius 1 is 1.38 bits per heavy atom. The molecule has 1 atom stereocenters. The fourth-order valence-electron chi connectivity index (χ4n) is 1.73. The summed E-state index contributed by atoms with van der Waals surface area (Å²) in [6, 6.07) is 0.437. The van der Waals surface area contributed by atoms with Crippen LogP contribution in [-0.2, 0) is 4.74 Å². The average Bonchev–Trinajstić information content (AvgIpc) is 2.24. The van der Waals surface area contributed by atoms with E-state index in [9.17, 15) is 0 Å². The van der Waals surface area contributed by atoms with Gasteiger partial charge in [0.05, 0.1) is 6.61 Å². The molecule has 0 aliphatic heterocycles. The first-order chi connectivity index (χ1) is 7.65. The van der Waals surface area contributed by atoms with Crippen LogP contribution in [0.4, 0.5) is 0 Å². The molecule has 0 fully saturated rings. The molecule has 96 valence electrons. The Hall–Kier alpha value is -0.380. The van der Waals surface area contributed by atoms with Crippen molar-refractivity contribution >= 4 is 0 Å². The molecule has 0 aromatic rings. The van der Waals surface area contributed by atoms with Crippen LogP contribution >= 0.6 is 0 Å². The third-order valence-electron chi connectivity index (χ3n) is 2.58. The Morgan fingerprint density at radius 2 is 2.06 bits per heavy atom. The molecule has 0 aliphatic rings. The molecule has 0 saturated heterocycles. The third kappa shape index (κ3) is 6.99. The van der Waals surface area contributed by atoms with Crippen molar-refractivity contribution in [2.45, 2.75) is 26.8 Å². The van der Waals surface area contributed by atoms with Crippen LogP contribution in [0, 0.1) is 5.92 Å². The quantitative estimate of drug-likeness (QED) is 0.577. The highest BCUT2D eigenvalue weighted by Gasteiger charge is 2.15. The van der Waals surface area contributed by atoms with Gasteiger partial charge in [-0.25, -0.2) is 0 Å². The summed E-state index contributed by atoms with van der Waals surface area (Å²) in [7, 11) is 1.76. The molecule has 0 amide bonds. The van der Waals surface area contributed by atoms with Crippen LogP contribution in [0.3, 0.4) is 0 Å². The Balaban J connectivity index is 4.06. The van der Waals surface area contributed by atoms with E-state index in [2.05, 4.69) is 37.6 Å². The second-order valence-corrected chi connectivity index (χ2v) is 4.54. The van der Waals surface area contributed by atoms with Gasteiger partial charge in [0.15, 0.2) is 0 Å². The van der Waals surface area contributed by atoms with Gasteiger partial charge in [0.1, 0.15) is 0 Å². The molecule has 0 rings (SSSR count). The Bertz CT molecular complexity index is 171. The smallest absolute Gasteiger partial charge is 0.0630 e. The van der Waals surface area contributed by atoms with Crippen molar-refractivity contribution in [1.29, 1.82) is 0 Å². The van der Waals surface area contributed by atoms with Gasteiger partial charge in [-0.3, -0.25) is 4.90 Å². The largest absolute Gasteiger partial charge is 0.383 e. The lowest BCUT2D eigenvalue weighted by Gasteiger charge is -2.29. The lowest BCUT2D eigenvalue weighted by molar-refractivity contribution is 0.0993. The molecule has 3 nitrogen and oxygen atoms in total. The molecule has 0 heterocycles. The van der Waals surface area contributed by atoms with Crippen molar-refractivity contribution in [3.05, 3.63) is 12.7 Å². The van der Waals surface area contributed by atoms with Crippen molar-refractivity contribution in [1.82, 2.24) is 10.2 Å². The van der Waals surface area contributed by atoms with E-state index in [4.69, 9.17) is 4.74 Å². The maximum atomic E-state index is 5.27. The van der Waals surface area contributed by atoms with Crippen molar-refractivity contribution in [3.8, 4) is 0 Å². The third-order valence-corrected chi connectivity index (χ3v) is 2.58. The fraction of sp³-hybridized carbons (Fsp3) is 0.846. The fourth-order valence-corrected chi connectivity index (χ4v) is 1.73. The molecule has 0 spiro atoms. The number of likely N-dealkylation sites (N-methyl/N-ethyl adjacent to an activating group) is 1. The number of methoxy groups -OCH3 is 1. The molecule has 0 saturated carbocycles. The molecule has 1 N–H and O–H groups in total. The van der Waals surface area contributed by atoms with Crippen LogP contribution in [0.2, 0.25) is 0 Å². The lowest BCUT2D eigenvalue weighted by Crippen LogP contribution is -2.45. The molecule has 3 heteroatoms. The van der Waals surface area contributed by atoms with Gasteiger partial charge < -0.3 is 10.1 Å². The van der Waals surface area contributed by atoms with E-state index in [1.807, 2.05) is 6.08 Å². The number of rotatable bonds is 10. The van der Waals surface area contributed by atoms with E-state index in [0.717, 1.165) is 32.8 Å². The topological polar surface area (TPSA) is 24.5 Å². The lowest BCUT2D eigenvalue weighted by atomic mass is 10.2. The normalized spacial score (nSPS) is 13.4. The second kappa shape index (κ2) is 9.82. The molecule has 0 bridgehead atoms.